The number of anilines is 1. The van der Waals surface area contributed by atoms with Crippen LogP contribution in [0.1, 0.15) is 22.8 Å². The van der Waals surface area contributed by atoms with Crippen molar-refractivity contribution in [1.82, 2.24) is 14.1 Å². The van der Waals surface area contributed by atoms with Gasteiger partial charge in [-0.25, -0.2) is 12.7 Å². The predicted octanol–water partition coefficient (Wildman–Crippen LogP) is 1.90. The quantitative estimate of drug-likeness (QED) is 0.685. The number of sulfonamides is 1. The predicted molar refractivity (Wildman–Crippen MR) is 124 cm³/mol. The molecule has 0 unspecified atom stereocenters. The first-order chi connectivity index (χ1) is 15.2. The van der Waals surface area contributed by atoms with Gasteiger partial charge < -0.3 is 10.2 Å². The van der Waals surface area contributed by atoms with Crippen molar-refractivity contribution in [2.45, 2.75) is 18.2 Å². The Morgan fingerprint density at radius 2 is 1.66 bits per heavy atom. The summed E-state index contributed by atoms with van der Waals surface area (Å²) in [6.07, 6.45) is 0.935. The van der Waals surface area contributed by atoms with Gasteiger partial charge in [0.05, 0.1) is 11.4 Å². The van der Waals surface area contributed by atoms with E-state index in [1.54, 1.807) is 12.1 Å². The monoisotopic (exact) mass is 458 g/mol. The van der Waals surface area contributed by atoms with E-state index in [-0.39, 0.29) is 23.3 Å². The normalized spacial score (nSPS) is 15.1. The van der Waals surface area contributed by atoms with Gasteiger partial charge in [0.2, 0.25) is 15.9 Å². The Kier molecular flexibility index (Phi) is 7.65. The fourth-order valence-corrected chi connectivity index (χ4v) is 4.47. The number of aryl methyl sites for hydroxylation is 1. The first kappa shape index (κ1) is 23.9. The molecule has 0 atom stereocenters. The van der Waals surface area contributed by atoms with Crippen LogP contribution in [0.15, 0.2) is 53.4 Å². The Labute approximate surface area is 189 Å². The summed E-state index contributed by atoms with van der Waals surface area (Å²) < 4.78 is 25.7. The van der Waals surface area contributed by atoms with Gasteiger partial charge in [-0.3, -0.25) is 14.5 Å². The molecule has 1 saturated heterocycles. The second kappa shape index (κ2) is 10.2. The zero-order valence-electron chi connectivity index (χ0n) is 18.7. The van der Waals surface area contributed by atoms with E-state index in [0.29, 0.717) is 37.4 Å². The van der Waals surface area contributed by atoms with Crippen LogP contribution in [0.5, 0.6) is 0 Å². The molecule has 1 fully saturated rings. The minimum Gasteiger partial charge on any atom is -0.336 e. The first-order valence-corrected chi connectivity index (χ1v) is 12.1. The number of carbonyl (C=O) groups is 2. The zero-order valence-corrected chi connectivity index (χ0v) is 19.6. The SMILES string of the molecule is CCc1ccc(C(=O)N2CCN(CC(=O)Nc3cccc(S(=O)(=O)N(C)C)c3)CC2)cc1. The van der Waals surface area contributed by atoms with Crippen LogP contribution in [0.25, 0.3) is 0 Å². The third kappa shape index (κ3) is 5.73. The number of nitrogens with one attached hydrogen (secondary N) is 1. The second-order valence-corrected chi connectivity index (χ2v) is 10.1. The average molecular weight is 459 g/mol. The number of hydrogen-bond donors (Lipinski definition) is 1. The van der Waals surface area contributed by atoms with Crippen LogP contribution in [0.2, 0.25) is 0 Å². The Morgan fingerprint density at radius 3 is 2.25 bits per heavy atom. The molecule has 9 heteroatoms. The Balaban J connectivity index is 1.52. The molecule has 172 valence electrons. The van der Waals surface area contributed by atoms with Crippen molar-refractivity contribution in [2.75, 3.05) is 52.1 Å². The molecule has 1 aliphatic rings. The lowest BCUT2D eigenvalue weighted by atomic mass is 10.1. The molecule has 0 radical (unpaired) electrons. The van der Waals surface area contributed by atoms with Crippen molar-refractivity contribution in [3.63, 3.8) is 0 Å². The Bertz CT molecular complexity index is 1060. The van der Waals surface area contributed by atoms with Gasteiger partial charge in [-0.1, -0.05) is 25.1 Å². The van der Waals surface area contributed by atoms with Crippen molar-refractivity contribution >= 4 is 27.5 Å². The first-order valence-electron chi connectivity index (χ1n) is 10.6. The van der Waals surface area contributed by atoms with E-state index in [2.05, 4.69) is 12.2 Å². The maximum Gasteiger partial charge on any atom is 0.253 e. The highest BCUT2D eigenvalue weighted by molar-refractivity contribution is 7.89. The van der Waals surface area contributed by atoms with Crippen LogP contribution >= 0.6 is 0 Å². The molecule has 0 bridgehead atoms. The summed E-state index contributed by atoms with van der Waals surface area (Å²) in [4.78, 5) is 29.1. The minimum atomic E-state index is -3.57. The van der Waals surface area contributed by atoms with Crippen molar-refractivity contribution in [3.8, 4) is 0 Å². The van der Waals surface area contributed by atoms with Crippen LogP contribution in [-0.4, -0.2) is 81.2 Å². The lowest BCUT2D eigenvalue weighted by Gasteiger charge is -2.34. The molecule has 8 nitrogen and oxygen atoms in total. The van der Waals surface area contributed by atoms with Crippen molar-refractivity contribution in [1.29, 1.82) is 0 Å². The fraction of sp³-hybridized carbons (Fsp3) is 0.391. The highest BCUT2D eigenvalue weighted by Gasteiger charge is 2.23. The van der Waals surface area contributed by atoms with Gasteiger partial charge in [0.25, 0.3) is 5.91 Å². The molecule has 2 aromatic carbocycles. The lowest BCUT2D eigenvalue weighted by Crippen LogP contribution is -2.50. The number of carbonyl (C=O) groups excluding carboxylic acids is 2. The van der Waals surface area contributed by atoms with Crippen LogP contribution < -0.4 is 5.32 Å². The third-order valence-corrected chi connectivity index (χ3v) is 7.34. The summed E-state index contributed by atoms with van der Waals surface area (Å²) >= 11 is 0. The molecule has 0 saturated carbocycles. The fourth-order valence-electron chi connectivity index (χ4n) is 3.52. The Morgan fingerprint density at radius 1 is 1.00 bits per heavy atom. The summed E-state index contributed by atoms with van der Waals surface area (Å²) in [5.41, 5.74) is 2.31. The maximum absolute atomic E-state index is 12.7. The summed E-state index contributed by atoms with van der Waals surface area (Å²) in [7, 11) is -0.643. The number of rotatable bonds is 7. The second-order valence-electron chi connectivity index (χ2n) is 7.98. The molecular weight excluding hydrogens is 428 g/mol. The van der Waals surface area contributed by atoms with E-state index in [0.717, 1.165) is 10.7 Å². The van der Waals surface area contributed by atoms with Gasteiger partial charge in [-0.05, 0) is 42.3 Å². The number of hydrogen-bond acceptors (Lipinski definition) is 5. The van der Waals surface area contributed by atoms with E-state index >= 15 is 0 Å². The summed E-state index contributed by atoms with van der Waals surface area (Å²) in [6, 6.07) is 13.9. The van der Waals surface area contributed by atoms with Crippen LogP contribution in [0, 0.1) is 0 Å². The molecular formula is C23H30N4O4S. The van der Waals surface area contributed by atoms with Crippen molar-refractivity contribution in [3.05, 3.63) is 59.7 Å². The highest BCUT2D eigenvalue weighted by atomic mass is 32.2. The summed E-state index contributed by atoms with van der Waals surface area (Å²) in [5, 5.41) is 2.77. The maximum atomic E-state index is 12.7. The standard InChI is InChI=1S/C23H30N4O4S/c1-4-18-8-10-19(11-9-18)23(29)27-14-12-26(13-15-27)17-22(28)24-20-6-5-7-21(16-20)32(30,31)25(2)3/h5-11,16H,4,12-15,17H2,1-3H3,(H,24,28). The van der Waals surface area contributed by atoms with E-state index in [9.17, 15) is 18.0 Å². The average Bonchev–Trinajstić information content (AvgIpc) is 2.79. The van der Waals surface area contributed by atoms with Crippen LogP contribution in [0.3, 0.4) is 0 Å². The van der Waals surface area contributed by atoms with Gasteiger partial charge in [0.15, 0.2) is 0 Å². The van der Waals surface area contributed by atoms with Gasteiger partial charge in [0.1, 0.15) is 0 Å². The van der Waals surface area contributed by atoms with Crippen LogP contribution in [0.4, 0.5) is 5.69 Å². The number of piperazine rings is 1. The highest BCUT2D eigenvalue weighted by Crippen LogP contribution is 2.18. The van der Waals surface area contributed by atoms with E-state index < -0.39 is 10.0 Å². The summed E-state index contributed by atoms with van der Waals surface area (Å²) in [6.45, 7) is 4.56. The molecule has 0 aliphatic carbocycles. The molecule has 3 rings (SSSR count). The van der Waals surface area contributed by atoms with E-state index in [1.165, 1.54) is 31.8 Å². The number of benzene rings is 2. The van der Waals surface area contributed by atoms with Crippen molar-refractivity contribution < 1.29 is 18.0 Å². The lowest BCUT2D eigenvalue weighted by molar-refractivity contribution is -0.117. The molecule has 1 heterocycles. The molecule has 0 spiro atoms. The van der Waals surface area contributed by atoms with Crippen molar-refractivity contribution in [2.24, 2.45) is 0 Å². The smallest absolute Gasteiger partial charge is 0.253 e. The Hall–Kier alpha value is -2.75. The zero-order chi connectivity index (χ0) is 23.3. The number of nitrogens with zero attached hydrogens (tertiary/aromatic N) is 3. The summed E-state index contributed by atoms with van der Waals surface area (Å²) in [5.74, 6) is -0.213. The minimum absolute atomic E-state index is 0.00988. The van der Waals surface area contributed by atoms with Gasteiger partial charge in [0, 0.05) is 51.5 Å². The van der Waals surface area contributed by atoms with E-state index in [4.69, 9.17) is 0 Å². The molecule has 1 aliphatic heterocycles. The van der Waals surface area contributed by atoms with Gasteiger partial charge >= 0.3 is 0 Å². The molecule has 2 aromatic rings. The topological polar surface area (TPSA) is 90.0 Å². The molecule has 32 heavy (non-hydrogen) atoms. The van der Waals surface area contributed by atoms with Crippen LogP contribution in [-0.2, 0) is 21.2 Å². The molecule has 0 aromatic heterocycles. The molecule has 2 amide bonds. The molecule has 1 N–H and O–H groups in total. The number of amides is 2. The van der Waals surface area contributed by atoms with Gasteiger partial charge in [-0.15, -0.1) is 0 Å². The largest absolute Gasteiger partial charge is 0.336 e. The third-order valence-electron chi connectivity index (χ3n) is 5.53. The van der Waals surface area contributed by atoms with E-state index in [1.807, 2.05) is 34.1 Å². The van der Waals surface area contributed by atoms with Gasteiger partial charge in [-0.2, -0.15) is 0 Å².